The fraction of sp³-hybridized carbons (Fsp3) is 0.250. The highest BCUT2D eigenvalue weighted by atomic mass is 35.5. The van der Waals surface area contributed by atoms with Crippen LogP contribution in [0, 0.1) is 13.8 Å². The summed E-state index contributed by atoms with van der Waals surface area (Å²) in [6, 6.07) is 3.86. The van der Waals surface area contributed by atoms with Crippen LogP contribution in [0.25, 0.3) is 0 Å². The number of hydrogen-bond donors (Lipinski definition) is 2. The minimum absolute atomic E-state index is 0.306. The van der Waals surface area contributed by atoms with E-state index in [1.165, 1.54) is 11.3 Å². The molecule has 0 spiro atoms. The number of anilines is 1. The number of benzene rings is 1. The smallest absolute Gasteiger partial charge is 0.183 e. The number of rotatable bonds is 3. The summed E-state index contributed by atoms with van der Waals surface area (Å²) >= 11 is 7.18. The van der Waals surface area contributed by atoms with Crippen molar-refractivity contribution < 1.29 is 5.11 Å². The van der Waals surface area contributed by atoms with Crippen molar-refractivity contribution in [2.24, 2.45) is 0 Å². The lowest BCUT2D eigenvalue weighted by atomic mass is 10.1. The molecule has 0 amide bonds. The minimum Gasteiger partial charge on any atom is -0.505 e. The third kappa shape index (κ3) is 2.70. The molecule has 0 fully saturated rings. The van der Waals surface area contributed by atoms with Gasteiger partial charge in [0.05, 0.1) is 12.2 Å². The molecule has 2 rings (SSSR count). The zero-order valence-corrected chi connectivity index (χ0v) is 11.2. The Morgan fingerprint density at radius 1 is 1.41 bits per heavy atom. The molecule has 1 aromatic carbocycles. The number of hydrogen-bond acceptors (Lipinski definition) is 4. The van der Waals surface area contributed by atoms with Gasteiger partial charge in [0.15, 0.2) is 4.47 Å². The van der Waals surface area contributed by atoms with E-state index in [9.17, 15) is 5.11 Å². The van der Waals surface area contributed by atoms with Gasteiger partial charge >= 0.3 is 0 Å². The average molecular weight is 269 g/mol. The van der Waals surface area contributed by atoms with Crippen LogP contribution in [0.2, 0.25) is 4.47 Å². The van der Waals surface area contributed by atoms with Crippen LogP contribution < -0.4 is 5.32 Å². The fourth-order valence-corrected chi connectivity index (χ4v) is 2.41. The monoisotopic (exact) mass is 268 g/mol. The van der Waals surface area contributed by atoms with Gasteiger partial charge in [-0.2, -0.15) is 0 Å². The van der Waals surface area contributed by atoms with E-state index in [1.54, 1.807) is 6.20 Å². The minimum atomic E-state index is 0.306. The van der Waals surface area contributed by atoms with Crippen LogP contribution in [0.15, 0.2) is 18.3 Å². The highest BCUT2D eigenvalue weighted by Gasteiger charge is 2.07. The van der Waals surface area contributed by atoms with Crippen LogP contribution in [0.3, 0.4) is 0 Å². The van der Waals surface area contributed by atoms with E-state index in [4.69, 9.17) is 11.6 Å². The molecule has 1 heterocycles. The Hall–Kier alpha value is -1.26. The van der Waals surface area contributed by atoms with Crippen LogP contribution in [0.1, 0.15) is 16.0 Å². The lowest BCUT2D eigenvalue weighted by Gasteiger charge is -2.10. The van der Waals surface area contributed by atoms with Crippen LogP contribution in [0.4, 0.5) is 5.69 Å². The van der Waals surface area contributed by atoms with Crippen molar-refractivity contribution in [1.29, 1.82) is 0 Å². The van der Waals surface area contributed by atoms with Gasteiger partial charge in [-0.1, -0.05) is 17.7 Å². The first kappa shape index (κ1) is 12.2. The maximum absolute atomic E-state index is 9.96. The maximum atomic E-state index is 9.96. The number of aryl methyl sites for hydroxylation is 1. The quantitative estimate of drug-likeness (QED) is 0.834. The Morgan fingerprint density at radius 3 is 2.82 bits per heavy atom. The molecule has 5 heteroatoms. The van der Waals surface area contributed by atoms with Gasteiger partial charge in [0.1, 0.15) is 5.75 Å². The summed E-state index contributed by atoms with van der Waals surface area (Å²) in [5.74, 6) is 0.306. The van der Waals surface area contributed by atoms with Crippen molar-refractivity contribution in [3.63, 3.8) is 0 Å². The summed E-state index contributed by atoms with van der Waals surface area (Å²) < 4.78 is 0.533. The molecular weight excluding hydrogens is 256 g/mol. The van der Waals surface area contributed by atoms with Crippen molar-refractivity contribution >= 4 is 28.6 Å². The zero-order chi connectivity index (χ0) is 12.4. The van der Waals surface area contributed by atoms with Crippen molar-refractivity contribution in [1.82, 2.24) is 4.98 Å². The van der Waals surface area contributed by atoms with Gasteiger partial charge in [-0.05, 0) is 31.0 Å². The van der Waals surface area contributed by atoms with Crippen LogP contribution in [0.5, 0.6) is 5.75 Å². The Bertz CT molecular complexity index is 539. The number of aromatic nitrogens is 1. The molecule has 0 atom stereocenters. The van der Waals surface area contributed by atoms with E-state index < -0.39 is 0 Å². The molecule has 0 saturated carbocycles. The Labute approximate surface area is 109 Å². The summed E-state index contributed by atoms with van der Waals surface area (Å²) in [5, 5.41) is 13.1. The molecule has 0 unspecified atom stereocenters. The SMILES string of the molecule is Cc1ccc(NCc2cnc(Cl)s2)c(O)c1C. The zero-order valence-electron chi connectivity index (χ0n) is 9.62. The first-order valence-electron chi connectivity index (χ1n) is 5.21. The normalized spacial score (nSPS) is 10.5. The first-order chi connectivity index (χ1) is 8.08. The number of phenols is 1. The van der Waals surface area contributed by atoms with E-state index in [0.717, 1.165) is 21.7 Å². The van der Waals surface area contributed by atoms with Crippen LogP contribution in [-0.2, 0) is 6.54 Å². The molecule has 17 heavy (non-hydrogen) atoms. The molecule has 2 aromatic rings. The van der Waals surface area contributed by atoms with Crippen molar-refractivity contribution in [2.75, 3.05) is 5.32 Å². The molecule has 0 radical (unpaired) electrons. The van der Waals surface area contributed by atoms with E-state index >= 15 is 0 Å². The summed E-state index contributed by atoms with van der Waals surface area (Å²) in [6.45, 7) is 4.49. The largest absolute Gasteiger partial charge is 0.505 e. The number of halogens is 1. The second-order valence-electron chi connectivity index (χ2n) is 3.84. The molecule has 2 N–H and O–H groups in total. The van der Waals surface area contributed by atoms with E-state index in [-0.39, 0.29) is 0 Å². The van der Waals surface area contributed by atoms with Crippen LogP contribution >= 0.6 is 22.9 Å². The number of nitrogens with zero attached hydrogens (tertiary/aromatic N) is 1. The Balaban J connectivity index is 2.12. The van der Waals surface area contributed by atoms with Gasteiger partial charge < -0.3 is 10.4 Å². The van der Waals surface area contributed by atoms with E-state index in [0.29, 0.717) is 16.8 Å². The van der Waals surface area contributed by atoms with Gasteiger partial charge in [-0.3, -0.25) is 0 Å². The Morgan fingerprint density at radius 2 is 2.18 bits per heavy atom. The topological polar surface area (TPSA) is 45.2 Å². The summed E-state index contributed by atoms with van der Waals surface area (Å²) in [7, 11) is 0. The molecule has 0 saturated heterocycles. The fourth-order valence-electron chi connectivity index (χ4n) is 1.49. The molecule has 0 bridgehead atoms. The molecule has 90 valence electrons. The first-order valence-corrected chi connectivity index (χ1v) is 6.40. The van der Waals surface area contributed by atoms with Gasteiger partial charge in [0.2, 0.25) is 0 Å². The summed E-state index contributed by atoms with van der Waals surface area (Å²) in [4.78, 5) is 5.00. The van der Waals surface area contributed by atoms with Crippen molar-refractivity contribution in [2.45, 2.75) is 20.4 Å². The molecule has 0 aliphatic carbocycles. The molecule has 1 aromatic heterocycles. The highest BCUT2D eigenvalue weighted by molar-refractivity contribution is 7.15. The Kier molecular flexibility index (Phi) is 3.54. The number of aromatic hydroxyl groups is 1. The molecule has 3 nitrogen and oxygen atoms in total. The van der Waals surface area contributed by atoms with Gasteiger partial charge in [0.25, 0.3) is 0 Å². The predicted octanol–water partition coefficient (Wildman–Crippen LogP) is 3.73. The molecule has 0 aliphatic heterocycles. The van der Waals surface area contributed by atoms with E-state index in [1.807, 2.05) is 26.0 Å². The second kappa shape index (κ2) is 4.94. The third-order valence-electron chi connectivity index (χ3n) is 2.68. The predicted molar refractivity (Wildman–Crippen MR) is 72.0 cm³/mol. The van der Waals surface area contributed by atoms with Gasteiger partial charge in [-0.25, -0.2) is 4.98 Å². The number of thiazole rings is 1. The van der Waals surface area contributed by atoms with E-state index in [2.05, 4.69) is 10.3 Å². The van der Waals surface area contributed by atoms with Crippen LogP contribution in [-0.4, -0.2) is 10.1 Å². The third-order valence-corrected chi connectivity index (χ3v) is 3.80. The molecule has 0 aliphatic rings. The average Bonchev–Trinajstić information content (AvgIpc) is 2.71. The standard InChI is InChI=1S/C12H13ClN2OS/c1-7-3-4-10(11(16)8(7)2)14-5-9-6-15-12(13)17-9/h3-4,6,14,16H,5H2,1-2H3. The lowest BCUT2D eigenvalue weighted by Crippen LogP contribution is -1.99. The van der Waals surface area contributed by atoms with Gasteiger partial charge in [-0.15, -0.1) is 11.3 Å². The highest BCUT2D eigenvalue weighted by Crippen LogP contribution is 2.30. The summed E-state index contributed by atoms with van der Waals surface area (Å²) in [6.07, 6.45) is 1.73. The maximum Gasteiger partial charge on any atom is 0.183 e. The van der Waals surface area contributed by atoms with Crippen molar-refractivity contribution in [3.8, 4) is 5.75 Å². The molecular formula is C12H13ClN2OS. The second-order valence-corrected chi connectivity index (χ2v) is 5.53. The van der Waals surface area contributed by atoms with Crippen molar-refractivity contribution in [3.05, 3.63) is 38.8 Å². The lowest BCUT2D eigenvalue weighted by molar-refractivity contribution is 0.472. The van der Waals surface area contributed by atoms with Gasteiger partial charge in [0, 0.05) is 11.1 Å². The number of nitrogens with one attached hydrogen (secondary N) is 1. The summed E-state index contributed by atoms with van der Waals surface area (Å²) in [5.41, 5.74) is 2.71. The number of phenolic OH excluding ortho intramolecular Hbond substituents is 1.